The van der Waals surface area contributed by atoms with E-state index in [0.29, 0.717) is 30.6 Å². The second-order valence-corrected chi connectivity index (χ2v) is 4.75. The lowest BCUT2D eigenvalue weighted by Gasteiger charge is -2.21. The fourth-order valence-electron chi connectivity index (χ4n) is 2.33. The van der Waals surface area contributed by atoms with Crippen LogP contribution in [0.15, 0.2) is 24.3 Å². The third-order valence-corrected chi connectivity index (χ3v) is 3.25. The lowest BCUT2D eigenvalue weighted by atomic mass is 10.1. The molecule has 1 fully saturated rings. The van der Waals surface area contributed by atoms with Gasteiger partial charge in [0.15, 0.2) is 0 Å². The molecule has 2 amide bonds. The molecule has 1 aliphatic heterocycles. The Balaban J connectivity index is 2.13. The summed E-state index contributed by atoms with van der Waals surface area (Å²) in [6.07, 6.45) is 1.19. The number of likely N-dealkylation sites (tertiary alicyclic amines) is 1. The van der Waals surface area contributed by atoms with E-state index in [1.165, 1.54) is 11.8 Å². The number of carboxylic acid groups (broad SMARTS) is 1. The Morgan fingerprint density at radius 2 is 1.90 bits per heavy atom. The summed E-state index contributed by atoms with van der Waals surface area (Å²) < 4.78 is 0. The van der Waals surface area contributed by atoms with E-state index in [0.717, 1.165) is 0 Å². The minimum Gasteiger partial charge on any atom is -0.480 e. The zero-order valence-corrected chi connectivity index (χ0v) is 11.1. The SMILES string of the molecule is CC(=O)Nc1ccc(C(=O)N2CCCC2C(=O)O)cc1. The second kappa shape index (κ2) is 5.73. The van der Waals surface area contributed by atoms with Crippen LogP contribution in [0.3, 0.4) is 0 Å². The summed E-state index contributed by atoms with van der Waals surface area (Å²) >= 11 is 0. The van der Waals surface area contributed by atoms with Gasteiger partial charge < -0.3 is 15.3 Å². The maximum absolute atomic E-state index is 12.3. The molecule has 0 radical (unpaired) electrons. The van der Waals surface area contributed by atoms with Crippen LogP contribution in [0.25, 0.3) is 0 Å². The van der Waals surface area contributed by atoms with Crippen LogP contribution in [0.2, 0.25) is 0 Å². The van der Waals surface area contributed by atoms with Gasteiger partial charge in [-0.25, -0.2) is 4.79 Å². The fraction of sp³-hybridized carbons (Fsp3) is 0.357. The van der Waals surface area contributed by atoms with E-state index < -0.39 is 12.0 Å². The zero-order chi connectivity index (χ0) is 14.7. The summed E-state index contributed by atoms with van der Waals surface area (Å²) in [5.74, 6) is -1.44. The van der Waals surface area contributed by atoms with Gasteiger partial charge in [0.05, 0.1) is 0 Å². The van der Waals surface area contributed by atoms with Crippen LogP contribution in [-0.4, -0.2) is 40.4 Å². The Morgan fingerprint density at radius 1 is 1.25 bits per heavy atom. The molecule has 106 valence electrons. The average Bonchev–Trinajstić information content (AvgIpc) is 2.87. The Kier molecular flexibility index (Phi) is 4.02. The van der Waals surface area contributed by atoms with Crippen LogP contribution < -0.4 is 5.32 Å². The highest BCUT2D eigenvalue weighted by atomic mass is 16.4. The van der Waals surface area contributed by atoms with Gasteiger partial charge in [-0.3, -0.25) is 9.59 Å². The lowest BCUT2D eigenvalue weighted by molar-refractivity contribution is -0.141. The minimum absolute atomic E-state index is 0.186. The van der Waals surface area contributed by atoms with E-state index in [2.05, 4.69) is 5.32 Å². The van der Waals surface area contributed by atoms with Gasteiger partial charge in [-0.05, 0) is 37.1 Å². The summed E-state index contributed by atoms with van der Waals surface area (Å²) in [6, 6.07) is 5.69. The van der Waals surface area contributed by atoms with Crippen LogP contribution >= 0.6 is 0 Å². The molecule has 0 spiro atoms. The highest BCUT2D eigenvalue weighted by Crippen LogP contribution is 2.21. The van der Waals surface area contributed by atoms with Crippen LogP contribution in [0.1, 0.15) is 30.1 Å². The van der Waals surface area contributed by atoms with Crippen molar-refractivity contribution >= 4 is 23.5 Å². The summed E-state index contributed by atoms with van der Waals surface area (Å²) in [4.78, 5) is 35.6. The van der Waals surface area contributed by atoms with Gasteiger partial charge in [0.25, 0.3) is 5.91 Å². The molecular weight excluding hydrogens is 260 g/mol. The van der Waals surface area contributed by atoms with Gasteiger partial charge in [-0.2, -0.15) is 0 Å². The van der Waals surface area contributed by atoms with Gasteiger partial charge in [0.1, 0.15) is 6.04 Å². The fourth-order valence-corrected chi connectivity index (χ4v) is 2.33. The molecule has 0 aromatic heterocycles. The van der Waals surface area contributed by atoms with Gasteiger partial charge in [-0.15, -0.1) is 0 Å². The second-order valence-electron chi connectivity index (χ2n) is 4.75. The highest BCUT2D eigenvalue weighted by Gasteiger charge is 2.34. The van der Waals surface area contributed by atoms with E-state index in [4.69, 9.17) is 5.11 Å². The number of aliphatic carboxylic acids is 1. The topological polar surface area (TPSA) is 86.7 Å². The first-order valence-electron chi connectivity index (χ1n) is 6.40. The normalized spacial score (nSPS) is 17.9. The molecule has 20 heavy (non-hydrogen) atoms. The van der Waals surface area contributed by atoms with Crippen molar-refractivity contribution in [1.82, 2.24) is 4.90 Å². The number of hydrogen-bond acceptors (Lipinski definition) is 3. The molecule has 1 aromatic rings. The minimum atomic E-state index is -0.967. The Hall–Kier alpha value is -2.37. The Bertz CT molecular complexity index is 539. The molecule has 1 atom stereocenters. The maximum Gasteiger partial charge on any atom is 0.326 e. The first kappa shape index (κ1) is 14.0. The Labute approximate surface area is 116 Å². The third-order valence-electron chi connectivity index (χ3n) is 3.25. The molecule has 1 aliphatic rings. The number of carbonyl (C=O) groups excluding carboxylic acids is 2. The molecule has 2 N–H and O–H groups in total. The van der Waals surface area contributed by atoms with Crippen LogP contribution in [0.4, 0.5) is 5.69 Å². The number of amides is 2. The molecule has 2 rings (SSSR count). The molecule has 0 saturated carbocycles. The molecule has 1 unspecified atom stereocenters. The molecule has 1 saturated heterocycles. The standard InChI is InChI=1S/C14H16N2O4/c1-9(17)15-11-6-4-10(5-7-11)13(18)16-8-2-3-12(16)14(19)20/h4-7,12H,2-3,8H2,1H3,(H,15,17)(H,19,20). The molecule has 0 aliphatic carbocycles. The summed E-state index contributed by atoms with van der Waals surface area (Å²) in [5, 5.41) is 11.7. The van der Waals surface area contributed by atoms with Crippen molar-refractivity contribution in [3.63, 3.8) is 0 Å². The largest absolute Gasteiger partial charge is 0.480 e. The number of hydrogen-bond donors (Lipinski definition) is 2. The van der Waals surface area contributed by atoms with E-state index in [1.807, 2.05) is 0 Å². The van der Waals surface area contributed by atoms with E-state index >= 15 is 0 Å². The Morgan fingerprint density at radius 3 is 2.45 bits per heavy atom. The predicted octanol–water partition coefficient (Wildman–Crippen LogP) is 1.33. The first-order valence-corrected chi connectivity index (χ1v) is 6.40. The summed E-state index contributed by atoms with van der Waals surface area (Å²) in [6.45, 7) is 1.87. The van der Waals surface area contributed by atoms with Gasteiger partial charge in [0, 0.05) is 24.7 Å². The number of nitrogens with zero attached hydrogens (tertiary/aromatic N) is 1. The van der Waals surface area contributed by atoms with Gasteiger partial charge >= 0.3 is 5.97 Å². The number of benzene rings is 1. The molecular formula is C14H16N2O4. The molecule has 0 bridgehead atoms. The summed E-state index contributed by atoms with van der Waals surface area (Å²) in [5.41, 5.74) is 1.03. The van der Waals surface area contributed by atoms with E-state index in [1.54, 1.807) is 24.3 Å². The lowest BCUT2D eigenvalue weighted by Crippen LogP contribution is -2.40. The van der Waals surface area contributed by atoms with Crippen molar-refractivity contribution in [2.24, 2.45) is 0 Å². The first-order chi connectivity index (χ1) is 9.49. The van der Waals surface area contributed by atoms with Crippen molar-refractivity contribution in [2.75, 3.05) is 11.9 Å². The molecule has 1 aromatic carbocycles. The zero-order valence-electron chi connectivity index (χ0n) is 11.1. The monoisotopic (exact) mass is 276 g/mol. The predicted molar refractivity (Wildman–Crippen MR) is 72.4 cm³/mol. The third kappa shape index (κ3) is 2.96. The molecule has 6 nitrogen and oxygen atoms in total. The smallest absolute Gasteiger partial charge is 0.326 e. The van der Waals surface area contributed by atoms with Crippen molar-refractivity contribution in [2.45, 2.75) is 25.8 Å². The van der Waals surface area contributed by atoms with Crippen LogP contribution in [0.5, 0.6) is 0 Å². The van der Waals surface area contributed by atoms with Crippen LogP contribution in [-0.2, 0) is 9.59 Å². The number of nitrogens with one attached hydrogen (secondary N) is 1. The van der Waals surface area contributed by atoms with Crippen molar-refractivity contribution in [3.05, 3.63) is 29.8 Å². The average molecular weight is 276 g/mol. The quantitative estimate of drug-likeness (QED) is 0.872. The van der Waals surface area contributed by atoms with Crippen LogP contribution in [0, 0.1) is 0 Å². The highest BCUT2D eigenvalue weighted by molar-refractivity contribution is 5.97. The number of anilines is 1. The van der Waals surface area contributed by atoms with Gasteiger partial charge in [-0.1, -0.05) is 0 Å². The number of rotatable bonds is 3. The van der Waals surface area contributed by atoms with Gasteiger partial charge in [0.2, 0.25) is 5.91 Å². The number of carboxylic acids is 1. The van der Waals surface area contributed by atoms with E-state index in [9.17, 15) is 14.4 Å². The summed E-state index contributed by atoms with van der Waals surface area (Å²) in [7, 11) is 0. The maximum atomic E-state index is 12.3. The van der Waals surface area contributed by atoms with Crippen molar-refractivity contribution in [1.29, 1.82) is 0 Å². The van der Waals surface area contributed by atoms with Crippen molar-refractivity contribution in [3.8, 4) is 0 Å². The van der Waals surface area contributed by atoms with Crippen molar-refractivity contribution < 1.29 is 19.5 Å². The van der Waals surface area contributed by atoms with E-state index in [-0.39, 0.29) is 11.8 Å². The molecule has 6 heteroatoms. The number of carbonyl (C=O) groups is 3. The molecule has 1 heterocycles.